The van der Waals surface area contributed by atoms with Crippen molar-refractivity contribution in [3.63, 3.8) is 0 Å². The smallest absolute Gasteiger partial charge is 0 e. The Bertz CT molecular complexity index is 434. The van der Waals surface area contributed by atoms with Gasteiger partial charge in [0.15, 0.2) is 0 Å². The van der Waals surface area contributed by atoms with Crippen molar-refractivity contribution in [3.05, 3.63) is 41.9 Å². The zero-order valence-corrected chi connectivity index (χ0v) is 24.8. The average molecular weight is 540 g/mol. The molecule has 2 aliphatic rings. The predicted octanol–water partition coefficient (Wildman–Crippen LogP) is 6.22. The zero-order chi connectivity index (χ0) is 15.6. The molecule has 23 heavy (non-hydrogen) atoms. The van der Waals surface area contributed by atoms with Crippen molar-refractivity contribution < 1.29 is 98.1 Å². The molecule has 0 N–H and O–H groups in total. The fraction of sp³-hybridized carbons (Fsp3) is 0.650. The molecular formula is C20H33Y3-. The molecule has 0 amide bonds. The van der Waals surface area contributed by atoms with Crippen molar-refractivity contribution in [2.45, 2.75) is 54.9 Å². The SMILES string of the molecule is C=CCC1C(C)C(C)C2C(C)=C(C)C(C)=C(C)C12.[CH2-]C.[Y].[Y].[Y]. The molecule has 0 saturated heterocycles. The normalized spacial score (nSPS) is 31.7. The van der Waals surface area contributed by atoms with Crippen LogP contribution in [0.15, 0.2) is 34.9 Å². The first-order valence-corrected chi connectivity index (χ1v) is 8.08. The summed E-state index contributed by atoms with van der Waals surface area (Å²) in [6, 6.07) is 0. The quantitative estimate of drug-likeness (QED) is 0.289. The Hall–Kier alpha value is 2.53. The number of allylic oxidation sites excluding steroid dienone is 5. The summed E-state index contributed by atoms with van der Waals surface area (Å²) in [5.74, 6) is 3.94. The van der Waals surface area contributed by atoms with E-state index in [4.69, 9.17) is 0 Å². The molecule has 123 valence electrons. The molecule has 1 fully saturated rings. The van der Waals surface area contributed by atoms with Crippen molar-refractivity contribution in [3.8, 4) is 0 Å². The van der Waals surface area contributed by atoms with Gasteiger partial charge in [0, 0.05) is 98.1 Å². The molecule has 0 spiro atoms. The standard InChI is InChI=1S/C18H28.C2H5.3Y/c1-8-9-16-12(4)15(7)17-13(5)10(2)11(3)14(6)18(16)17;1-2;;;/h8,12,15-18H,1,9H2,2-7H3;1H2,2H3;;;/q;-1;;;. The Kier molecular flexibility index (Phi) is 18.0. The molecule has 0 nitrogen and oxygen atoms in total. The first-order valence-electron chi connectivity index (χ1n) is 8.08. The van der Waals surface area contributed by atoms with Crippen LogP contribution in [0.3, 0.4) is 0 Å². The van der Waals surface area contributed by atoms with Gasteiger partial charge in [-0.3, -0.25) is 0 Å². The van der Waals surface area contributed by atoms with E-state index in [1.54, 1.807) is 29.2 Å². The Morgan fingerprint density at radius 1 is 0.826 bits per heavy atom. The molecular weight excluding hydrogens is 507 g/mol. The molecule has 0 bridgehead atoms. The van der Waals surface area contributed by atoms with Crippen LogP contribution in [0.2, 0.25) is 0 Å². The van der Waals surface area contributed by atoms with Gasteiger partial charge in [-0.2, -0.15) is 6.92 Å². The van der Waals surface area contributed by atoms with Crippen LogP contribution in [0.1, 0.15) is 54.9 Å². The zero-order valence-electron chi connectivity index (χ0n) is 16.3. The van der Waals surface area contributed by atoms with Crippen LogP contribution in [0, 0.1) is 36.5 Å². The molecule has 3 radical (unpaired) electrons. The molecule has 0 heterocycles. The summed E-state index contributed by atoms with van der Waals surface area (Å²) < 4.78 is 0. The Morgan fingerprint density at radius 2 is 1.22 bits per heavy atom. The van der Waals surface area contributed by atoms with E-state index in [0.29, 0.717) is 0 Å². The molecule has 5 unspecified atom stereocenters. The predicted molar refractivity (Wildman–Crippen MR) is 91.4 cm³/mol. The average Bonchev–Trinajstić information content (AvgIpc) is 2.70. The molecule has 0 aromatic heterocycles. The van der Waals surface area contributed by atoms with Gasteiger partial charge in [-0.1, -0.05) is 31.1 Å². The second kappa shape index (κ2) is 13.7. The minimum Gasteiger partial charge on any atom is -0.346 e. The summed E-state index contributed by atoms with van der Waals surface area (Å²) in [7, 11) is 0. The van der Waals surface area contributed by atoms with Gasteiger partial charge < -0.3 is 6.92 Å². The Balaban J connectivity index is -0.000000770. The summed E-state index contributed by atoms with van der Waals surface area (Å²) in [4.78, 5) is 0. The van der Waals surface area contributed by atoms with E-state index in [9.17, 15) is 0 Å². The van der Waals surface area contributed by atoms with E-state index in [-0.39, 0.29) is 98.1 Å². The fourth-order valence-electron chi connectivity index (χ4n) is 4.54. The van der Waals surface area contributed by atoms with Crippen molar-refractivity contribution in [1.82, 2.24) is 0 Å². The van der Waals surface area contributed by atoms with E-state index < -0.39 is 0 Å². The van der Waals surface area contributed by atoms with E-state index in [0.717, 1.165) is 29.6 Å². The summed E-state index contributed by atoms with van der Waals surface area (Å²) in [5.41, 5.74) is 6.39. The van der Waals surface area contributed by atoms with Gasteiger partial charge in [-0.15, -0.1) is 6.58 Å². The molecule has 0 aliphatic heterocycles. The maximum atomic E-state index is 3.97. The second-order valence-electron chi connectivity index (χ2n) is 6.57. The van der Waals surface area contributed by atoms with Crippen molar-refractivity contribution in [2.24, 2.45) is 29.6 Å². The van der Waals surface area contributed by atoms with E-state index in [1.165, 1.54) is 6.42 Å². The van der Waals surface area contributed by atoms with Crippen LogP contribution >= 0.6 is 0 Å². The maximum absolute atomic E-state index is 3.97. The number of hydrogen-bond acceptors (Lipinski definition) is 0. The molecule has 0 aromatic rings. The van der Waals surface area contributed by atoms with Crippen LogP contribution < -0.4 is 0 Å². The first kappa shape index (κ1) is 30.3. The number of hydrogen-bond donors (Lipinski definition) is 0. The van der Waals surface area contributed by atoms with Crippen molar-refractivity contribution in [1.29, 1.82) is 0 Å². The van der Waals surface area contributed by atoms with Gasteiger partial charge in [-0.05, 0) is 74.9 Å². The largest absolute Gasteiger partial charge is 0.346 e. The van der Waals surface area contributed by atoms with E-state index in [1.807, 2.05) is 0 Å². The molecule has 5 atom stereocenters. The monoisotopic (exact) mass is 540 g/mol. The summed E-state index contributed by atoms with van der Waals surface area (Å²) in [5, 5.41) is 0. The Labute approximate surface area is 221 Å². The Morgan fingerprint density at radius 3 is 1.61 bits per heavy atom. The van der Waals surface area contributed by atoms with Gasteiger partial charge in [0.1, 0.15) is 0 Å². The first-order chi connectivity index (χ1) is 9.41. The summed E-state index contributed by atoms with van der Waals surface area (Å²) in [6.45, 7) is 23.2. The van der Waals surface area contributed by atoms with Crippen LogP contribution in [0.5, 0.6) is 0 Å². The van der Waals surface area contributed by atoms with Gasteiger partial charge in [0.25, 0.3) is 0 Å². The van der Waals surface area contributed by atoms with Crippen LogP contribution in [-0.4, -0.2) is 0 Å². The summed E-state index contributed by atoms with van der Waals surface area (Å²) in [6.07, 6.45) is 3.29. The van der Waals surface area contributed by atoms with Gasteiger partial charge in [-0.25, -0.2) is 0 Å². The molecule has 1 saturated carbocycles. The van der Waals surface area contributed by atoms with Crippen molar-refractivity contribution >= 4 is 0 Å². The third kappa shape index (κ3) is 6.01. The van der Waals surface area contributed by atoms with Crippen LogP contribution in [-0.2, 0) is 98.1 Å². The number of fused-ring (bicyclic) bond motifs is 1. The molecule has 2 aliphatic carbocycles. The second-order valence-corrected chi connectivity index (χ2v) is 6.57. The third-order valence-corrected chi connectivity index (χ3v) is 6.10. The van der Waals surface area contributed by atoms with Crippen LogP contribution in [0.4, 0.5) is 0 Å². The van der Waals surface area contributed by atoms with Gasteiger partial charge in [0.2, 0.25) is 0 Å². The van der Waals surface area contributed by atoms with Crippen molar-refractivity contribution in [2.75, 3.05) is 0 Å². The molecule has 0 aromatic carbocycles. The third-order valence-electron chi connectivity index (χ3n) is 6.10. The van der Waals surface area contributed by atoms with Crippen LogP contribution in [0.25, 0.3) is 0 Å². The molecule has 2 rings (SSSR count). The number of rotatable bonds is 2. The van der Waals surface area contributed by atoms with E-state index in [2.05, 4.69) is 61.1 Å². The van der Waals surface area contributed by atoms with Gasteiger partial charge >= 0.3 is 0 Å². The fourth-order valence-corrected chi connectivity index (χ4v) is 4.54. The molecule has 3 heteroatoms. The van der Waals surface area contributed by atoms with Gasteiger partial charge in [0.05, 0.1) is 0 Å². The minimum absolute atomic E-state index is 0. The van der Waals surface area contributed by atoms with E-state index >= 15 is 0 Å². The minimum atomic E-state index is 0. The maximum Gasteiger partial charge on any atom is 0 e. The topological polar surface area (TPSA) is 0 Å². The summed E-state index contributed by atoms with van der Waals surface area (Å²) >= 11 is 0.